The van der Waals surface area contributed by atoms with Crippen LogP contribution in [0.5, 0.6) is 0 Å². The number of sulfonamides is 1. The fourth-order valence-corrected chi connectivity index (χ4v) is 3.76. The quantitative estimate of drug-likeness (QED) is 0.920. The van der Waals surface area contributed by atoms with E-state index in [1.807, 2.05) is 13.8 Å². The van der Waals surface area contributed by atoms with E-state index in [1.54, 1.807) is 7.11 Å². The first-order valence-corrected chi connectivity index (χ1v) is 7.56. The largest absolute Gasteiger partial charge is 0.381 e. The van der Waals surface area contributed by atoms with Gasteiger partial charge in [0.2, 0.25) is 10.0 Å². The Hall–Kier alpha value is -0.980. The van der Waals surface area contributed by atoms with E-state index >= 15 is 0 Å². The molecule has 0 aliphatic heterocycles. The van der Waals surface area contributed by atoms with Gasteiger partial charge in [0.05, 0.1) is 11.0 Å². The van der Waals surface area contributed by atoms with Crippen LogP contribution < -0.4 is 4.72 Å². The van der Waals surface area contributed by atoms with Crippen molar-refractivity contribution in [2.75, 3.05) is 7.11 Å². The molecule has 0 spiro atoms. The van der Waals surface area contributed by atoms with Gasteiger partial charge < -0.3 is 4.74 Å². The lowest BCUT2D eigenvalue weighted by Gasteiger charge is -2.50. The van der Waals surface area contributed by atoms with Gasteiger partial charge in [-0.3, -0.25) is 0 Å². The van der Waals surface area contributed by atoms with Crippen molar-refractivity contribution in [1.82, 2.24) is 4.72 Å². The molecule has 0 amide bonds. The van der Waals surface area contributed by atoms with Crippen molar-refractivity contribution in [3.8, 4) is 0 Å². The molecule has 0 aromatic heterocycles. The molecule has 1 N–H and O–H groups in total. The van der Waals surface area contributed by atoms with E-state index in [-0.39, 0.29) is 22.5 Å². The summed E-state index contributed by atoms with van der Waals surface area (Å²) >= 11 is 0. The molecular weight excluding hydrogens is 269 g/mol. The Morgan fingerprint density at radius 1 is 1.32 bits per heavy atom. The number of rotatable bonds is 4. The van der Waals surface area contributed by atoms with E-state index in [2.05, 4.69) is 4.72 Å². The first-order chi connectivity index (χ1) is 8.77. The van der Waals surface area contributed by atoms with Gasteiger partial charge in [-0.1, -0.05) is 13.8 Å². The van der Waals surface area contributed by atoms with Crippen LogP contribution in [0, 0.1) is 11.2 Å². The molecular formula is C13H18FNO3S. The van der Waals surface area contributed by atoms with Gasteiger partial charge in [0.15, 0.2) is 0 Å². The van der Waals surface area contributed by atoms with Gasteiger partial charge in [-0.05, 0) is 30.7 Å². The van der Waals surface area contributed by atoms with Crippen molar-refractivity contribution in [2.24, 2.45) is 5.41 Å². The molecule has 0 heterocycles. The van der Waals surface area contributed by atoms with Crippen LogP contribution in [0.15, 0.2) is 29.2 Å². The van der Waals surface area contributed by atoms with Crippen LogP contribution in [-0.4, -0.2) is 27.7 Å². The molecule has 4 nitrogen and oxygen atoms in total. The molecule has 6 heteroatoms. The minimum absolute atomic E-state index is 0.0495. The highest BCUT2D eigenvalue weighted by Gasteiger charge is 2.50. The third-order valence-electron chi connectivity index (χ3n) is 3.88. The van der Waals surface area contributed by atoms with E-state index in [1.165, 1.54) is 12.1 Å². The molecule has 1 aliphatic carbocycles. The van der Waals surface area contributed by atoms with Gasteiger partial charge in [0.1, 0.15) is 5.82 Å². The SMILES string of the molecule is COC1CC(NS(=O)(=O)c2ccc(F)cc2)C1(C)C. The average Bonchev–Trinajstić information content (AvgIpc) is 2.34. The van der Waals surface area contributed by atoms with Gasteiger partial charge in [-0.25, -0.2) is 17.5 Å². The van der Waals surface area contributed by atoms with Crippen LogP contribution in [0.2, 0.25) is 0 Å². The summed E-state index contributed by atoms with van der Waals surface area (Å²) < 4.78 is 45.0. The Morgan fingerprint density at radius 2 is 1.89 bits per heavy atom. The molecule has 2 rings (SSSR count). The van der Waals surface area contributed by atoms with Gasteiger partial charge in [-0.2, -0.15) is 0 Å². The van der Waals surface area contributed by atoms with Crippen LogP contribution in [0.1, 0.15) is 20.3 Å². The van der Waals surface area contributed by atoms with Gasteiger partial charge >= 0.3 is 0 Å². The summed E-state index contributed by atoms with van der Waals surface area (Å²) in [5.41, 5.74) is -0.248. The van der Waals surface area contributed by atoms with Crippen molar-refractivity contribution >= 4 is 10.0 Å². The second kappa shape index (κ2) is 4.85. The molecule has 1 fully saturated rings. The molecule has 0 bridgehead atoms. The van der Waals surface area contributed by atoms with Crippen LogP contribution in [0.25, 0.3) is 0 Å². The molecule has 1 aromatic carbocycles. The number of hydrogen-bond donors (Lipinski definition) is 1. The van der Waals surface area contributed by atoms with E-state index in [0.717, 1.165) is 12.1 Å². The lowest BCUT2D eigenvalue weighted by Crippen LogP contribution is -2.61. The third kappa shape index (κ3) is 2.66. The van der Waals surface area contributed by atoms with Crippen LogP contribution >= 0.6 is 0 Å². The summed E-state index contributed by atoms with van der Waals surface area (Å²) in [4.78, 5) is 0.0746. The van der Waals surface area contributed by atoms with Crippen molar-refractivity contribution < 1.29 is 17.5 Å². The average molecular weight is 287 g/mol. The molecule has 19 heavy (non-hydrogen) atoms. The molecule has 2 atom stereocenters. The zero-order valence-electron chi connectivity index (χ0n) is 11.2. The van der Waals surface area contributed by atoms with Crippen LogP contribution in [-0.2, 0) is 14.8 Å². The lowest BCUT2D eigenvalue weighted by molar-refractivity contribution is -0.0908. The Bertz CT molecular complexity index is 554. The first-order valence-electron chi connectivity index (χ1n) is 6.08. The summed E-state index contributed by atoms with van der Waals surface area (Å²) in [6, 6.07) is 4.62. The highest BCUT2D eigenvalue weighted by Crippen LogP contribution is 2.42. The molecule has 2 unspecified atom stereocenters. The summed E-state index contributed by atoms with van der Waals surface area (Å²) in [5, 5.41) is 0. The number of methoxy groups -OCH3 is 1. The Labute approximate surface area is 113 Å². The van der Waals surface area contributed by atoms with Crippen molar-refractivity contribution in [3.05, 3.63) is 30.1 Å². The van der Waals surface area contributed by atoms with Crippen LogP contribution in [0.4, 0.5) is 4.39 Å². The Balaban J connectivity index is 2.13. The van der Waals surface area contributed by atoms with Gasteiger partial charge in [-0.15, -0.1) is 0 Å². The molecule has 1 saturated carbocycles. The minimum Gasteiger partial charge on any atom is -0.381 e. The van der Waals surface area contributed by atoms with Gasteiger partial charge in [0.25, 0.3) is 0 Å². The fraction of sp³-hybridized carbons (Fsp3) is 0.538. The highest BCUT2D eigenvalue weighted by atomic mass is 32.2. The highest BCUT2D eigenvalue weighted by molar-refractivity contribution is 7.89. The van der Waals surface area contributed by atoms with E-state index in [9.17, 15) is 12.8 Å². The summed E-state index contributed by atoms with van der Waals surface area (Å²) in [7, 11) is -1.99. The minimum atomic E-state index is -3.61. The van der Waals surface area contributed by atoms with E-state index in [4.69, 9.17) is 4.74 Å². The molecule has 106 valence electrons. The summed E-state index contributed by atoms with van der Waals surface area (Å²) in [5.74, 6) is -0.456. The van der Waals surface area contributed by atoms with Crippen molar-refractivity contribution in [3.63, 3.8) is 0 Å². The monoisotopic (exact) mass is 287 g/mol. The lowest BCUT2D eigenvalue weighted by atomic mass is 9.65. The second-order valence-corrected chi connectivity index (χ2v) is 7.12. The number of hydrogen-bond acceptors (Lipinski definition) is 3. The van der Waals surface area contributed by atoms with Crippen molar-refractivity contribution in [2.45, 2.75) is 37.3 Å². The smallest absolute Gasteiger partial charge is 0.240 e. The first kappa shape index (κ1) is 14.4. The predicted octanol–water partition coefficient (Wildman–Crippen LogP) is 1.92. The number of halogens is 1. The Morgan fingerprint density at radius 3 is 2.37 bits per heavy atom. The maximum absolute atomic E-state index is 12.8. The normalized spacial score (nSPS) is 25.9. The van der Waals surface area contributed by atoms with Crippen LogP contribution in [0.3, 0.4) is 0 Å². The summed E-state index contributed by atoms with van der Waals surface area (Å²) in [6.07, 6.45) is 0.692. The number of ether oxygens (including phenoxy) is 1. The van der Waals surface area contributed by atoms with E-state index < -0.39 is 15.8 Å². The van der Waals surface area contributed by atoms with Gasteiger partial charge in [0, 0.05) is 18.6 Å². The zero-order chi connectivity index (χ0) is 14.3. The molecule has 0 saturated heterocycles. The third-order valence-corrected chi connectivity index (χ3v) is 5.37. The zero-order valence-corrected chi connectivity index (χ0v) is 12.0. The Kier molecular flexibility index (Phi) is 3.68. The number of benzene rings is 1. The topological polar surface area (TPSA) is 55.4 Å². The predicted molar refractivity (Wildman–Crippen MR) is 69.7 cm³/mol. The molecule has 1 aromatic rings. The molecule has 1 aliphatic rings. The standard InChI is InChI=1S/C13H18FNO3S/c1-13(2)11(8-12(13)18-3)15-19(16,17)10-6-4-9(14)5-7-10/h4-7,11-12,15H,8H2,1-3H3. The van der Waals surface area contributed by atoms with Crippen molar-refractivity contribution in [1.29, 1.82) is 0 Å². The maximum atomic E-state index is 12.8. The second-order valence-electron chi connectivity index (χ2n) is 5.41. The molecule has 0 radical (unpaired) electrons. The number of nitrogens with one attached hydrogen (secondary N) is 1. The fourth-order valence-electron chi connectivity index (χ4n) is 2.35. The maximum Gasteiger partial charge on any atom is 0.240 e. The van der Waals surface area contributed by atoms with E-state index in [0.29, 0.717) is 6.42 Å². The summed E-state index contributed by atoms with van der Waals surface area (Å²) in [6.45, 7) is 3.92.